The van der Waals surface area contributed by atoms with Crippen LogP contribution in [0.5, 0.6) is 5.75 Å². The topological polar surface area (TPSA) is 88.5 Å². The third-order valence-corrected chi connectivity index (χ3v) is 5.10. The predicted octanol–water partition coefficient (Wildman–Crippen LogP) is 3.88. The van der Waals surface area contributed by atoms with Crippen LogP contribution in [0.3, 0.4) is 0 Å². The van der Waals surface area contributed by atoms with Gasteiger partial charge in [-0.25, -0.2) is 9.50 Å². The zero-order chi connectivity index (χ0) is 21.4. The summed E-state index contributed by atoms with van der Waals surface area (Å²) in [6, 6.07) is 15.1. The summed E-state index contributed by atoms with van der Waals surface area (Å²) >= 11 is 0. The number of carbonyl (C=O) groups is 1. The number of benzene rings is 2. The van der Waals surface area contributed by atoms with Crippen LogP contribution >= 0.6 is 0 Å². The number of ether oxygens (including phenoxy) is 1. The molecule has 0 atom stereocenters. The Kier molecular flexibility index (Phi) is 4.87. The van der Waals surface area contributed by atoms with Gasteiger partial charge in [-0.3, -0.25) is 14.7 Å². The number of para-hydroxylation sites is 1. The van der Waals surface area contributed by atoms with E-state index in [1.54, 1.807) is 20.1 Å². The van der Waals surface area contributed by atoms with Gasteiger partial charge in [0.05, 0.1) is 18.5 Å². The molecule has 4 rings (SSSR count). The first-order valence-corrected chi connectivity index (χ1v) is 9.54. The lowest BCUT2D eigenvalue weighted by molar-refractivity contribution is 0.102. The Morgan fingerprint density at radius 1 is 1.07 bits per heavy atom. The van der Waals surface area contributed by atoms with Crippen molar-refractivity contribution in [2.24, 2.45) is 0 Å². The maximum absolute atomic E-state index is 13.2. The highest BCUT2D eigenvalue weighted by atomic mass is 16.5. The number of rotatable bonds is 4. The number of nitrogens with zero attached hydrogens (tertiary/aromatic N) is 2. The number of nitrogens with one attached hydrogen (secondary N) is 2. The normalized spacial score (nSPS) is 10.9. The van der Waals surface area contributed by atoms with Gasteiger partial charge in [-0.2, -0.15) is 0 Å². The first-order valence-electron chi connectivity index (χ1n) is 9.54. The lowest BCUT2D eigenvalue weighted by atomic mass is 10.1. The number of aromatic nitrogens is 3. The van der Waals surface area contributed by atoms with Crippen LogP contribution in [-0.2, 0) is 0 Å². The lowest BCUT2D eigenvalue weighted by Gasteiger charge is -2.13. The maximum atomic E-state index is 13.2. The molecule has 2 heterocycles. The van der Waals surface area contributed by atoms with Crippen LogP contribution in [0.1, 0.15) is 27.3 Å². The van der Waals surface area contributed by atoms with E-state index in [4.69, 9.17) is 4.74 Å². The van der Waals surface area contributed by atoms with Gasteiger partial charge in [0.1, 0.15) is 11.3 Å². The fourth-order valence-electron chi connectivity index (χ4n) is 3.71. The average molecular weight is 402 g/mol. The molecule has 7 nitrogen and oxygen atoms in total. The molecule has 152 valence electrons. The fraction of sp³-hybridized carbons (Fsp3) is 0.174. The predicted molar refractivity (Wildman–Crippen MR) is 116 cm³/mol. The number of aromatic amines is 1. The minimum absolute atomic E-state index is 0.0167. The minimum Gasteiger partial charge on any atom is -0.494 e. The summed E-state index contributed by atoms with van der Waals surface area (Å²) in [5.41, 5.74) is 4.34. The highest BCUT2D eigenvalue weighted by Crippen LogP contribution is 2.29. The number of aryl methyl sites for hydroxylation is 3. The van der Waals surface area contributed by atoms with Crippen molar-refractivity contribution in [2.75, 3.05) is 12.4 Å². The third-order valence-electron chi connectivity index (χ3n) is 5.10. The van der Waals surface area contributed by atoms with Gasteiger partial charge in [0.2, 0.25) is 0 Å². The standard InChI is InChI=1S/C23H22N4O3/c1-13-9-8-12-17(20(13)30-4)25-22(28)19-14(2)24-21-18(16-10-6-5-7-11-16)15(3)26-27(21)23(19)29/h5-12,26H,1-4H3,(H,25,28). The van der Waals surface area contributed by atoms with Gasteiger partial charge >= 0.3 is 0 Å². The number of H-pyrrole nitrogens is 1. The van der Waals surface area contributed by atoms with E-state index in [0.29, 0.717) is 22.8 Å². The van der Waals surface area contributed by atoms with Crippen molar-refractivity contribution in [3.05, 3.63) is 81.4 Å². The zero-order valence-electron chi connectivity index (χ0n) is 17.2. The molecule has 0 saturated carbocycles. The van der Waals surface area contributed by atoms with E-state index < -0.39 is 11.5 Å². The summed E-state index contributed by atoms with van der Waals surface area (Å²) in [6.07, 6.45) is 0. The number of anilines is 1. The SMILES string of the molecule is COc1c(C)cccc1NC(=O)c1c(C)nc2c(-c3ccccc3)c(C)[nH]n2c1=O. The van der Waals surface area contributed by atoms with Gasteiger partial charge in [-0.15, -0.1) is 0 Å². The van der Waals surface area contributed by atoms with E-state index in [1.165, 1.54) is 4.52 Å². The molecule has 1 amide bonds. The van der Waals surface area contributed by atoms with Crippen LogP contribution in [0.25, 0.3) is 16.8 Å². The van der Waals surface area contributed by atoms with Crippen molar-refractivity contribution >= 4 is 17.2 Å². The van der Waals surface area contributed by atoms with E-state index in [-0.39, 0.29) is 5.56 Å². The second kappa shape index (κ2) is 7.51. The van der Waals surface area contributed by atoms with Crippen LogP contribution in [0.4, 0.5) is 5.69 Å². The molecule has 2 aromatic carbocycles. The molecule has 7 heteroatoms. The fourth-order valence-corrected chi connectivity index (χ4v) is 3.71. The Balaban J connectivity index is 1.83. The number of hydrogen-bond donors (Lipinski definition) is 2. The summed E-state index contributed by atoms with van der Waals surface area (Å²) in [5.74, 6) is 0.0246. The second-order valence-corrected chi connectivity index (χ2v) is 7.12. The first kappa shape index (κ1) is 19.4. The maximum Gasteiger partial charge on any atom is 0.285 e. The molecule has 30 heavy (non-hydrogen) atoms. The van der Waals surface area contributed by atoms with E-state index >= 15 is 0 Å². The Morgan fingerprint density at radius 3 is 2.50 bits per heavy atom. The second-order valence-electron chi connectivity index (χ2n) is 7.12. The van der Waals surface area contributed by atoms with Gasteiger partial charge in [0.15, 0.2) is 5.65 Å². The van der Waals surface area contributed by atoms with Crippen molar-refractivity contribution < 1.29 is 9.53 Å². The summed E-state index contributed by atoms with van der Waals surface area (Å²) < 4.78 is 6.72. The smallest absolute Gasteiger partial charge is 0.285 e. The van der Waals surface area contributed by atoms with E-state index in [1.807, 2.05) is 56.3 Å². The quantitative estimate of drug-likeness (QED) is 0.542. The molecule has 2 N–H and O–H groups in total. The first-order chi connectivity index (χ1) is 14.4. The molecule has 0 fully saturated rings. The number of fused-ring (bicyclic) bond motifs is 1. The van der Waals surface area contributed by atoms with Gasteiger partial charge in [-0.05, 0) is 38.0 Å². The molecule has 0 saturated heterocycles. The molecular formula is C23H22N4O3. The molecule has 0 aliphatic heterocycles. The molecule has 0 aliphatic carbocycles. The van der Waals surface area contributed by atoms with Crippen LogP contribution in [0.2, 0.25) is 0 Å². The molecule has 0 radical (unpaired) electrons. The van der Waals surface area contributed by atoms with Crippen LogP contribution < -0.4 is 15.6 Å². The summed E-state index contributed by atoms with van der Waals surface area (Å²) in [6.45, 7) is 5.43. The van der Waals surface area contributed by atoms with Gasteiger partial charge in [-0.1, -0.05) is 42.5 Å². The van der Waals surface area contributed by atoms with Crippen LogP contribution in [-0.4, -0.2) is 27.6 Å². The molecular weight excluding hydrogens is 380 g/mol. The van der Waals surface area contributed by atoms with Gasteiger partial charge in [0.25, 0.3) is 11.5 Å². The average Bonchev–Trinajstić information content (AvgIpc) is 3.05. The summed E-state index contributed by atoms with van der Waals surface area (Å²) in [5, 5.41) is 5.84. The molecule has 4 aromatic rings. The Labute approximate surface area is 173 Å². The van der Waals surface area contributed by atoms with Gasteiger partial charge in [0, 0.05) is 11.3 Å². The Hall–Kier alpha value is -3.87. The largest absolute Gasteiger partial charge is 0.494 e. The zero-order valence-corrected chi connectivity index (χ0v) is 17.2. The molecule has 0 bridgehead atoms. The van der Waals surface area contributed by atoms with Crippen molar-refractivity contribution in [1.82, 2.24) is 14.6 Å². The molecule has 0 spiro atoms. The minimum atomic E-state index is -0.531. The number of carbonyl (C=O) groups excluding carboxylic acids is 1. The van der Waals surface area contributed by atoms with Crippen molar-refractivity contribution in [3.8, 4) is 16.9 Å². The number of methoxy groups -OCH3 is 1. The van der Waals surface area contributed by atoms with E-state index in [9.17, 15) is 9.59 Å². The number of amides is 1. The lowest BCUT2D eigenvalue weighted by Crippen LogP contribution is -2.29. The highest BCUT2D eigenvalue weighted by molar-refractivity contribution is 6.05. The van der Waals surface area contributed by atoms with E-state index in [0.717, 1.165) is 22.4 Å². The van der Waals surface area contributed by atoms with Crippen molar-refractivity contribution in [2.45, 2.75) is 20.8 Å². The summed E-state index contributed by atoms with van der Waals surface area (Å²) in [4.78, 5) is 30.8. The van der Waals surface area contributed by atoms with E-state index in [2.05, 4.69) is 15.4 Å². The van der Waals surface area contributed by atoms with Crippen molar-refractivity contribution in [1.29, 1.82) is 0 Å². The van der Waals surface area contributed by atoms with Crippen LogP contribution in [0.15, 0.2) is 53.3 Å². The third kappa shape index (κ3) is 3.14. The monoisotopic (exact) mass is 402 g/mol. The Morgan fingerprint density at radius 2 is 1.80 bits per heavy atom. The summed E-state index contributed by atoms with van der Waals surface area (Å²) in [7, 11) is 1.54. The van der Waals surface area contributed by atoms with Crippen LogP contribution in [0, 0.1) is 20.8 Å². The van der Waals surface area contributed by atoms with Gasteiger partial charge < -0.3 is 10.1 Å². The number of hydrogen-bond acceptors (Lipinski definition) is 4. The highest BCUT2D eigenvalue weighted by Gasteiger charge is 2.22. The molecule has 2 aromatic heterocycles. The Bertz CT molecular complexity index is 1320. The molecule has 0 unspecified atom stereocenters. The molecule has 0 aliphatic rings. The van der Waals surface area contributed by atoms with Crippen molar-refractivity contribution in [3.63, 3.8) is 0 Å².